The van der Waals surface area contributed by atoms with Crippen LogP contribution in [-0.2, 0) is 6.54 Å². The van der Waals surface area contributed by atoms with Crippen LogP contribution in [-0.4, -0.2) is 22.4 Å². The number of nitrogens with zero attached hydrogens (tertiary/aromatic N) is 2. The molecule has 0 atom stereocenters. The van der Waals surface area contributed by atoms with E-state index in [1.54, 1.807) is 30.9 Å². The average Bonchev–Trinajstić information content (AvgIpc) is 2.52. The number of hydrogen-bond donors (Lipinski definition) is 2. The Morgan fingerprint density at radius 1 is 1.24 bits per heavy atom. The van der Waals surface area contributed by atoms with Crippen LogP contribution < -0.4 is 10.6 Å². The van der Waals surface area contributed by atoms with Crippen LogP contribution in [0.3, 0.4) is 0 Å². The standard InChI is InChI=1S/C16H20N4O/c1-12(2)7-20-16(21)14-6-15(11-18-10-14)19-9-13-4-3-5-17-8-13/h3-6,8,10-12,19H,7,9H2,1-2H3,(H,20,21). The van der Waals surface area contributed by atoms with Gasteiger partial charge in [0, 0.05) is 37.9 Å². The van der Waals surface area contributed by atoms with Crippen LogP contribution >= 0.6 is 0 Å². The first-order chi connectivity index (χ1) is 10.1. The number of rotatable bonds is 6. The number of pyridine rings is 2. The third kappa shape index (κ3) is 4.87. The van der Waals surface area contributed by atoms with Gasteiger partial charge < -0.3 is 10.6 Å². The quantitative estimate of drug-likeness (QED) is 0.855. The van der Waals surface area contributed by atoms with Crippen LogP contribution in [0.5, 0.6) is 0 Å². The summed E-state index contributed by atoms with van der Waals surface area (Å²) in [6.07, 6.45) is 6.82. The zero-order valence-corrected chi connectivity index (χ0v) is 12.3. The topological polar surface area (TPSA) is 66.9 Å². The van der Waals surface area contributed by atoms with Crippen molar-refractivity contribution in [1.29, 1.82) is 0 Å². The van der Waals surface area contributed by atoms with E-state index in [9.17, 15) is 4.79 Å². The highest BCUT2D eigenvalue weighted by Gasteiger charge is 2.07. The van der Waals surface area contributed by atoms with Crippen molar-refractivity contribution in [3.63, 3.8) is 0 Å². The molecular formula is C16H20N4O. The van der Waals surface area contributed by atoms with Gasteiger partial charge in [-0.2, -0.15) is 0 Å². The minimum Gasteiger partial charge on any atom is -0.380 e. The molecule has 0 spiro atoms. The Kier molecular flexibility index (Phi) is 5.26. The largest absolute Gasteiger partial charge is 0.380 e. The van der Waals surface area contributed by atoms with Gasteiger partial charge in [-0.25, -0.2) is 0 Å². The third-order valence-corrected chi connectivity index (χ3v) is 2.89. The van der Waals surface area contributed by atoms with Gasteiger partial charge in [-0.15, -0.1) is 0 Å². The van der Waals surface area contributed by atoms with Gasteiger partial charge in [0.2, 0.25) is 0 Å². The lowest BCUT2D eigenvalue weighted by Crippen LogP contribution is -2.27. The Morgan fingerprint density at radius 2 is 2.10 bits per heavy atom. The van der Waals surface area contributed by atoms with Crippen molar-refractivity contribution < 1.29 is 4.79 Å². The summed E-state index contributed by atoms with van der Waals surface area (Å²) >= 11 is 0. The molecule has 1 amide bonds. The number of carbonyl (C=O) groups excluding carboxylic acids is 1. The molecule has 0 unspecified atom stereocenters. The smallest absolute Gasteiger partial charge is 0.252 e. The van der Waals surface area contributed by atoms with Crippen molar-refractivity contribution in [2.24, 2.45) is 5.92 Å². The van der Waals surface area contributed by atoms with Crippen molar-refractivity contribution in [2.45, 2.75) is 20.4 Å². The van der Waals surface area contributed by atoms with Gasteiger partial charge in [-0.1, -0.05) is 19.9 Å². The molecule has 2 aromatic rings. The van der Waals surface area contributed by atoms with E-state index in [1.165, 1.54) is 0 Å². The van der Waals surface area contributed by atoms with E-state index in [0.29, 0.717) is 24.6 Å². The molecule has 5 heteroatoms. The minimum absolute atomic E-state index is 0.0961. The Bertz CT molecular complexity index is 584. The Balaban J connectivity index is 1.96. The molecule has 21 heavy (non-hydrogen) atoms. The minimum atomic E-state index is -0.0961. The molecule has 0 aromatic carbocycles. The first-order valence-electron chi connectivity index (χ1n) is 7.01. The average molecular weight is 284 g/mol. The van der Waals surface area contributed by atoms with Gasteiger partial charge in [-0.05, 0) is 23.6 Å². The van der Waals surface area contributed by atoms with Crippen LogP contribution in [0.15, 0.2) is 43.0 Å². The fourth-order valence-electron chi connectivity index (χ4n) is 1.77. The van der Waals surface area contributed by atoms with E-state index in [-0.39, 0.29) is 5.91 Å². The molecule has 110 valence electrons. The fraction of sp³-hybridized carbons (Fsp3) is 0.312. The van der Waals surface area contributed by atoms with Crippen molar-refractivity contribution >= 4 is 11.6 Å². The lowest BCUT2D eigenvalue weighted by Gasteiger charge is -2.09. The van der Waals surface area contributed by atoms with E-state index < -0.39 is 0 Å². The molecular weight excluding hydrogens is 264 g/mol. The zero-order valence-electron chi connectivity index (χ0n) is 12.3. The summed E-state index contributed by atoms with van der Waals surface area (Å²) in [7, 11) is 0. The zero-order chi connectivity index (χ0) is 15.1. The summed E-state index contributed by atoms with van der Waals surface area (Å²) in [5.74, 6) is 0.329. The second-order valence-electron chi connectivity index (χ2n) is 5.28. The highest BCUT2D eigenvalue weighted by atomic mass is 16.1. The van der Waals surface area contributed by atoms with Crippen LogP contribution in [0.2, 0.25) is 0 Å². The Morgan fingerprint density at radius 3 is 2.81 bits per heavy atom. The maximum absolute atomic E-state index is 12.0. The number of nitrogens with one attached hydrogen (secondary N) is 2. The lowest BCUT2D eigenvalue weighted by atomic mass is 10.2. The summed E-state index contributed by atoms with van der Waals surface area (Å²) in [4.78, 5) is 20.2. The van der Waals surface area contributed by atoms with Gasteiger partial charge in [0.25, 0.3) is 5.91 Å². The molecule has 0 radical (unpaired) electrons. The number of carbonyl (C=O) groups is 1. The molecule has 5 nitrogen and oxygen atoms in total. The maximum Gasteiger partial charge on any atom is 0.252 e. The molecule has 2 heterocycles. The molecule has 0 saturated heterocycles. The van der Waals surface area contributed by atoms with Gasteiger partial charge in [0.05, 0.1) is 11.3 Å². The Labute approximate surface area is 124 Å². The first-order valence-corrected chi connectivity index (χ1v) is 7.01. The van der Waals surface area contributed by atoms with Gasteiger partial charge >= 0.3 is 0 Å². The highest BCUT2D eigenvalue weighted by Crippen LogP contribution is 2.10. The van der Waals surface area contributed by atoms with Crippen LogP contribution in [0.25, 0.3) is 0 Å². The summed E-state index contributed by atoms with van der Waals surface area (Å²) in [5, 5.41) is 6.12. The predicted octanol–water partition coefficient (Wildman–Crippen LogP) is 2.47. The van der Waals surface area contributed by atoms with E-state index in [0.717, 1.165) is 11.3 Å². The molecule has 0 aliphatic rings. The molecule has 0 aliphatic carbocycles. The number of aromatic nitrogens is 2. The van der Waals surface area contributed by atoms with E-state index >= 15 is 0 Å². The van der Waals surface area contributed by atoms with Crippen LogP contribution in [0.4, 0.5) is 5.69 Å². The maximum atomic E-state index is 12.0. The number of amides is 1. The van der Waals surface area contributed by atoms with Gasteiger partial charge in [-0.3, -0.25) is 14.8 Å². The van der Waals surface area contributed by atoms with Gasteiger partial charge in [0.15, 0.2) is 0 Å². The first kappa shape index (κ1) is 15.0. The summed E-state index contributed by atoms with van der Waals surface area (Å²) in [6, 6.07) is 5.69. The fourth-order valence-corrected chi connectivity index (χ4v) is 1.77. The SMILES string of the molecule is CC(C)CNC(=O)c1cncc(NCc2cccnc2)c1. The monoisotopic (exact) mass is 284 g/mol. The predicted molar refractivity (Wildman–Crippen MR) is 83.0 cm³/mol. The molecule has 0 bridgehead atoms. The normalized spacial score (nSPS) is 10.4. The van der Waals surface area contributed by atoms with Crippen molar-refractivity contribution in [3.8, 4) is 0 Å². The second-order valence-corrected chi connectivity index (χ2v) is 5.28. The van der Waals surface area contributed by atoms with Crippen molar-refractivity contribution in [3.05, 3.63) is 54.1 Å². The lowest BCUT2D eigenvalue weighted by molar-refractivity contribution is 0.0948. The van der Waals surface area contributed by atoms with E-state index in [1.807, 2.05) is 12.1 Å². The number of hydrogen-bond acceptors (Lipinski definition) is 4. The molecule has 0 aliphatic heterocycles. The number of anilines is 1. The van der Waals surface area contributed by atoms with E-state index in [2.05, 4.69) is 34.4 Å². The van der Waals surface area contributed by atoms with Crippen LogP contribution in [0.1, 0.15) is 29.8 Å². The molecule has 2 rings (SSSR count). The van der Waals surface area contributed by atoms with Crippen molar-refractivity contribution in [1.82, 2.24) is 15.3 Å². The third-order valence-electron chi connectivity index (χ3n) is 2.89. The van der Waals surface area contributed by atoms with Crippen molar-refractivity contribution in [2.75, 3.05) is 11.9 Å². The summed E-state index contributed by atoms with van der Waals surface area (Å²) in [5.41, 5.74) is 2.45. The van der Waals surface area contributed by atoms with E-state index in [4.69, 9.17) is 0 Å². The molecule has 0 saturated carbocycles. The van der Waals surface area contributed by atoms with Crippen LogP contribution in [0, 0.1) is 5.92 Å². The molecule has 2 aromatic heterocycles. The second kappa shape index (κ2) is 7.38. The van der Waals surface area contributed by atoms with Gasteiger partial charge in [0.1, 0.15) is 0 Å². The molecule has 0 fully saturated rings. The highest BCUT2D eigenvalue weighted by molar-refractivity contribution is 5.94. The summed E-state index contributed by atoms with van der Waals surface area (Å²) < 4.78 is 0. The summed E-state index contributed by atoms with van der Waals surface area (Å²) in [6.45, 7) is 5.42. The molecule has 2 N–H and O–H groups in total. The Hall–Kier alpha value is -2.43.